The van der Waals surface area contributed by atoms with Crippen LogP contribution in [0.15, 0.2) is 0 Å². The first-order chi connectivity index (χ1) is 7.32. The fourth-order valence-corrected chi connectivity index (χ4v) is 3.04. The van der Waals surface area contributed by atoms with Crippen LogP contribution in [0.25, 0.3) is 0 Å². The molecule has 3 unspecified atom stereocenters. The van der Waals surface area contributed by atoms with Gasteiger partial charge in [-0.2, -0.15) is 5.26 Å². The predicted octanol–water partition coefficient (Wildman–Crippen LogP) is 0.974. The molecule has 1 saturated carbocycles. The van der Waals surface area contributed by atoms with Crippen LogP contribution < -0.4 is 5.32 Å². The lowest BCUT2D eigenvalue weighted by Crippen LogP contribution is -2.55. The molecule has 3 nitrogen and oxygen atoms in total. The van der Waals surface area contributed by atoms with E-state index in [1.165, 1.54) is 25.8 Å². The van der Waals surface area contributed by atoms with E-state index in [2.05, 4.69) is 16.3 Å². The van der Waals surface area contributed by atoms with E-state index in [1.54, 1.807) is 0 Å². The van der Waals surface area contributed by atoms with Crippen molar-refractivity contribution in [3.63, 3.8) is 0 Å². The molecule has 82 valence electrons. The van der Waals surface area contributed by atoms with Gasteiger partial charge in [0.1, 0.15) is 5.54 Å². The van der Waals surface area contributed by atoms with Crippen molar-refractivity contribution in [2.45, 2.75) is 31.2 Å². The van der Waals surface area contributed by atoms with E-state index in [4.69, 9.17) is 0 Å². The van der Waals surface area contributed by atoms with E-state index in [-0.39, 0.29) is 5.54 Å². The number of hydrogen-bond acceptors (Lipinski definition) is 3. The molecule has 0 aromatic carbocycles. The minimum atomic E-state index is -0.185. The molecule has 15 heavy (non-hydrogen) atoms. The second kappa shape index (κ2) is 3.47. The summed E-state index contributed by atoms with van der Waals surface area (Å²) in [6.07, 6.45) is 4.97. The van der Waals surface area contributed by atoms with Gasteiger partial charge in [0.15, 0.2) is 0 Å². The average molecular weight is 205 g/mol. The Bertz CT molecular complexity index is 292. The van der Waals surface area contributed by atoms with Gasteiger partial charge < -0.3 is 4.90 Å². The molecule has 3 fully saturated rings. The Kier molecular flexibility index (Phi) is 2.22. The number of rotatable bonds is 3. The van der Waals surface area contributed by atoms with E-state index >= 15 is 0 Å². The van der Waals surface area contributed by atoms with Gasteiger partial charge in [0.2, 0.25) is 0 Å². The topological polar surface area (TPSA) is 39.1 Å². The Balaban J connectivity index is 1.69. The number of nitrogens with zero attached hydrogens (tertiary/aromatic N) is 2. The Morgan fingerprint density at radius 3 is 2.93 bits per heavy atom. The highest BCUT2D eigenvalue weighted by Crippen LogP contribution is 2.36. The third-order valence-corrected chi connectivity index (χ3v) is 4.39. The Morgan fingerprint density at radius 2 is 2.20 bits per heavy atom. The first-order valence-electron chi connectivity index (χ1n) is 6.21. The Hall–Kier alpha value is -0.590. The zero-order valence-corrected chi connectivity index (χ0v) is 9.21. The highest BCUT2D eigenvalue weighted by molar-refractivity contribution is 5.16. The molecule has 0 aromatic heterocycles. The van der Waals surface area contributed by atoms with Crippen molar-refractivity contribution in [3.8, 4) is 6.07 Å². The summed E-state index contributed by atoms with van der Waals surface area (Å²) in [5.41, 5.74) is -0.185. The van der Waals surface area contributed by atoms with Gasteiger partial charge in [0, 0.05) is 19.0 Å². The quantitative estimate of drug-likeness (QED) is 0.746. The number of piperidine rings is 1. The fraction of sp³-hybridized carbons (Fsp3) is 0.917. The molecule has 2 heterocycles. The summed E-state index contributed by atoms with van der Waals surface area (Å²) in [5.74, 6) is 1.45. The maximum atomic E-state index is 9.46. The van der Waals surface area contributed by atoms with Crippen molar-refractivity contribution in [1.82, 2.24) is 10.2 Å². The molecule has 2 bridgehead atoms. The van der Waals surface area contributed by atoms with Gasteiger partial charge in [0.25, 0.3) is 0 Å². The van der Waals surface area contributed by atoms with Crippen LogP contribution in [-0.4, -0.2) is 36.6 Å². The van der Waals surface area contributed by atoms with Gasteiger partial charge in [-0.3, -0.25) is 5.32 Å². The monoisotopic (exact) mass is 205 g/mol. The number of nitriles is 1. The smallest absolute Gasteiger partial charge is 0.112 e. The van der Waals surface area contributed by atoms with E-state index < -0.39 is 0 Å². The summed E-state index contributed by atoms with van der Waals surface area (Å²) in [6.45, 7) is 4.54. The van der Waals surface area contributed by atoms with E-state index in [0.29, 0.717) is 5.92 Å². The summed E-state index contributed by atoms with van der Waals surface area (Å²) >= 11 is 0. The van der Waals surface area contributed by atoms with Gasteiger partial charge in [0.05, 0.1) is 6.07 Å². The number of fused-ring (bicyclic) bond motifs is 2. The molecule has 3 rings (SSSR count). The summed E-state index contributed by atoms with van der Waals surface area (Å²) < 4.78 is 0. The van der Waals surface area contributed by atoms with Crippen LogP contribution in [0.3, 0.4) is 0 Å². The zero-order chi connectivity index (χ0) is 10.3. The van der Waals surface area contributed by atoms with Crippen molar-refractivity contribution < 1.29 is 0 Å². The zero-order valence-electron chi connectivity index (χ0n) is 9.21. The highest BCUT2D eigenvalue weighted by atomic mass is 15.2. The van der Waals surface area contributed by atoms with Crippen LogP contribution >= 0.6 is 0 Å². The van der Waals surface area contributed by atoms with Gasteiger partial charge in [-0.25, -0.2) is 0 Å². The summed E-state index contributed by atoms with van der Waals surface area (Å²) in [5, 5.41) is 13.1. The Morgan fingerprint density at radius 1 is 1.33 bits per heavy atom. The fourth-order valence-electron chi connectivity index (χ4n) is 3.04. The molecule has 0 aromatic rings. The van der Waals surface area contributed by atoms with Crippen LogP contribution in [0.2, 0.25) is 0 Å². The number of hydrogen-bond donors (Lipinski definition) is 1. The second-order valence-corrected chi connectivity index (χ2v) is 5.44. The molecule has 2 aliphatic heterocycles. The minimum Gasteiger partial charge on any atom is -0.303 e. The molecule has 1 N–H and O–H groups in total. The lowest BCUT2D eigenvalue weighted by atomic mass is 9.80. The summed E-state index contributed by atoms with van der Waals surface area (Å²) in [6, 6.07) is 2.59. The SMILES string of the molecule is N#CC1(NCC2CC2)CCN2CCC1C2. The third-order valence-electron chi connectivity index (χ3n) is 4.39. The Labute approximate surface area is 91.4 Å². The summed E-state index contributed by atoms with van der Waals surface area (Å²) in [7, 11) is 0. The molecular weight excluding hydrogens is 186 g/mol. The first-order valence-corrected chi connectivity index (χ1v) is 6.21. The molecule has 3 aliphatic rings. The van der Waals surface area contributed by atoms with Crippen molar-refractivity contribution in [1.29, 1.82) is 5.26 Å². The minimum absolute atomic E-state index is 0.185. The summed E-state index contributed by atoms with van der Waals surface area (Å²) in [4.78, 5) is 2.50. The van der Waals surface area contributed by atoms with Gasteiger partial charge >= 0.3 is 0 Å². The van der Waals surface area contributed by atoms with E-state index in [1.807, 2.05) is 0 Å². The standard InChI is InChI=1S/C12H19N3/c13-9-12(14-7-10-1-2-10)4-6-15-5-3-11(12)8-15/h10-11,14H,1-8H2. The second-order valence-electron chi connectivity index (χ2n) is 5.44. The normalized spacial score (nSPS) is 43.9. The van der Waals surface area contributed by atoms with Crippen LogP contribution in [-0.2, 0) is 0 Å². The lowest BCUT2D eigenvalue weighted by Gasteiger charge is -2.38. The molecule has 3 heteroatoms. The first kappa shape index (κ1) is 9.62. The van der Waals surface area contributed by atoms with E-state index in [0.717, 1.165) is 32.0 Å². The van der Waals surface area contributed by atoms with Crippen molar-refractivity contribution in [2.75, 3.05) is 26.2 Å². The average Bonchev–Trinajstić information content (AvgIpc) is 3.01. The maximum Gasteiger partial charge on any atom is 0.112 e. The van der Waals surface area contributed by atoms with Crippen LogP contribution in [0.1, 0.15) is 25.7 Å². The van der Waals surface area contributed by atoms with Gasteiger partial charge in [-0.05, 0) is 44.7 Å². The predicted molar refractivity (Wildman–Crippen MR) is 58.2 cm³/mol. The molecule has 3 atom stereocenters. The molecule has 0 radical (unpaired) electrons. The van der Waals surface area contributed by atoms with Crippen LogP contribution in [0, 0.1) is 23.2 Å². The largest absolute Gasteiger partial charge is 0.303 e. The molecule has 1 aliphatic carbocycles. The van der Waals surface area contributed by atoms with Gasteiger partial charge in [-0.15, -0.1) is 0 Å². The van der Waals surface area contributed by atoms with E-state index in [9.17, 15) is 5.26 Å². The maximum absolute atomic E-state index is 9.46. The third kappa shape index (κ3) is 1.66. The number of nitrogens with one attached hydrogen (secondary N) is 1. The molecule has 2 saturated heterocycles. The molecule has 0 amide bonds. The molecule has 0 spiro atoms. The van der Waals surface area contributed by atoms with Crippen molar-refractivity contribution in [3.05, 3.63) is 0 Å². The van der Waals surface area contributed by atoms with Crippen molar-refractivity contribution in [2.24, 2.45) is 11.8 Å². The lowest BCUT2D eigenvalue weighted by molar-refractivity contribution is 0.174. The van der Waals surface area contributed by atoms with Crippen molar-refractivity contribution >= 4 is 0 Å². The highest BCUT2D eigenvalue weighted by Gasteiger charge is 2.46. The molecular formula is C12H19N3. The van der Waals surface area contributed by atoms with Gasteiger partial charge in [-0.1, -0.05) is 0 Å². The van der Waals surface area contributed by atoms with Crippen LogP contribution in [0.5, 0.6) is 0 Å². The van der Waals surface area contributed by atoms with Crippen LogP contribution in [0.4, 0.5) is 0 Å².